The van der Waals surface area contributed by atoms with E-state index in [-0.39, 0.29) is 0 Å². The van der Waals surface area contributed by atoms with Crippen LogP contribution in [0, 0.1) is 0 Å². The number of anilines is 2. The fourth-order valence-electron chi connectivity index (χ4n) is 2.49. The third-order valence-electron chi connectivity index (χ3n) is 3.73. The summed E-state index contributed by atoms with van der Waals surface area (Å²) in [5, 5.41) is 5.12. The van der Waals surface area contributed by atoms with Crippen molar-refractivity contribution < 1.29 is 4.74 Å². The summed E-state index contributed by atoms with van der Waals surface area (Å²) in [5.74, 6) is 0.833. The van der Waals surface area contributed by atoms with Crippen LogP contribution in [0.15, 0.2) is 42.5 Å². The van der Waals surface area contributed by atoms with E-state index in [9.17, 15) is 0 Å². The average Bonchev–Trinajstić information content (AvgIpc) is 3.02. The van der Waals surface area contributed by atoms with Crippen molar-refractivity contribution in [3.63, 3.8) is 0 Å². The van der Waals surface area contributed by atoms with E-state index in [0.29, 0.717) is 10.0 Å². The molecule has 0 aliphatic carbocycles. The van der Waals surface area contributed by atoms with Crippen LogP contribution in [0.2, 0.25) is 10.0 Å². The summed E-state index contributed by atoms with van der Waals surface area (Å²) in [6.45, 7) is 2.17. The van der Waals surface area contributed by atoms with Crippen molar-refractivity contribution in [3.8, 4) is 17.0 Å². The van der Waals surface area contributed by atoms with E-state index in [1.165, 1.54) is 4.88 Å². The lowest BCUT2D eigenvalue weighted by atomic mass is 10.1. The van der Waals surface area contributed by atoms with E-state index in [0.717, 1.165) is 40.7 Å². The number of hydrogen-bond acceptors (Lipinski definition) is 4. The van der Waals surface area contributed by atoms with Crippen LogP contribution < -0.4 is 10.1 Å². The van der Waals surface area contributed by atoms with Gasteiger partial charge in [-0.25, -0.2) is 4.98 Å². The zero-order chi connectivity index (χ0) is 17.8. The predicted octanol–water partition coefficient (Wildman–Crippen LogP) is 6.82. The number of benzene rings is 2. The highest BCUT2D eigenvalue weighted by atomic mass is 35.5. The van der Waals surface area contributed by atoms with Gasteiger partial charge in [0.05, 0.1) is 28.5 Å². The lowest BCUT2D eigenvalue weighted by Gasteiger charge is -2.06. The lowest BCUT2D eigenvalue weighted by molar-refractivity contribution is 0.415. The molecule has 1 N–H and O–H groups in total. The maximum absolute atomic E-state index is 6.27. The van der Waals surface area contributed by atoms with Crippen LogP contribution in [0.1, 0.15) is 18.2 Å². The van der Waals surface area contributed by atoms with Crippen molar-refractivity contribution >= 4 is 45.4 Å². The maximum Gasteiger partial charge on any atom is 0.188 e. The number of rotatable bonds is 6. The first-order valence-corrected chi connectivity index (χ1v) is 9.54. The SMILES string of the molecule is CCCc1sc(Nc2cccc(Cl)c2Cl)nc1-c1ccc(OC)cc1. The molecule has 130 valence electrons. The van der Waals surface area contributed by atoms with Gasteiger partial charge in [0.15, 0.2) is 5.13 Å². The molecular formula is C19H18Cl2N2OS. The van der Waals surface area contributed by atoms with Gasteiger partial charge in [-0.3, -0.25) is 0 Å². The Hall–Kier alpha value is -1.75. The molecule has 0 bridgehead atoms. The van der Waals surface area contributed by atoms with Crippen molar-refractivity contribution in [1.82, 2.24) is 4.98 Å². The van der Waals surface area contributed by atoms with Crippen molar-refractivity contribution in [2.24, 2.45) is 0 Å². The summed E-state index contributed by atoms with van der Waals surface area (Å²) < 4.78 is 5.23. The number of aromatic nitrogens is 1. The Morgan fingerprint density at radius 1 is 1.12 bits per heavy atom. The quantitative estimate of drug-likeness (QED) is 0.499. The van der Waals surface area contributed by atoms with Crippen molar-refractivity contribution in [3.05, 3.63) is 57.4 Å². The number of ether oxygens (including phenoxy) is 1. The second-order valence-electron chi connectivity index (χ2n) is 5.50. The third kappa shape index (κ3) is 4.09. The number of nitrogens with zero attached hydrogens (tertiary/aromatic N) is 1. The Kier molecular flexibility index (Phi) is 5.84. The summed E-state index contributed by atoms with van der Waals surface area (Å²) in [5.41, 5.74) is 2.83. The fraction of sp³-hybridized carbons (Fsp3) is 0.211. The van der Waals surface area contributed by atoms with Crippen LogP contribution >= 0.6 is 34.5 Å². The Morgan fingerprint density at radius 3 is 2.56 bits per heavy atom. The first-order chi connectivity index (χ1) is 12.1. The fourth-order valence-corrected chi connectivity index (χ4v) is 3.94. The molecule has 1 aromatic heterocycles. The van der Waals surface area contributed by atoms with Crippen LogP contribution in [0.5, 0.6) is 5.75 Å². The van der Waals surface area contributed by atoms with Gasteiger partial charge in [-0.2, -0.15) is 0 Å². The van der Waals surface area contributed by atoms with Crippen molar-refractivity contribution in [2.75, 3.05) is 12.4 Å². The van der Waals surface area contributed by atoms with E-state index in [4.69, 9.17) is 32.9 Å². The summed E-state index contributed by atoms with van der Waals surface area (Å²) >= 11 is 14.0. The highest BCUT2D eigenvalue weighted by Gasteiger charge is 2.14. The van der Waals surface area contributed by atoms with Gasteiger partial charge in [-0.05, 0) is 42.8 Å². The summed E-state index contributed by atoms with van der Waals surface area (Å²) in [4.78, 5) is 6.03. The number of hydrogen-bond donors (Lipinski definition) is 1. The minimum absolute atomic E-state index is 0.502. The van der Waals surface area contributed by atoms with Crippen LogP contribution in [-0.2, 0) is 6.42 Å². The largest absolute Gasteiger partial charge is 0.497 e. The van der Waals surface area contributed by atoms with E-state index in [1.807, 2.05) is 36.4 Å². The molecule has 0 atom stereocenters. The Labute approximate surface area is 161 Å². The molecule has 25 heavy (non-hydrogen) atoms. The van der Waals surface area contributed by atoms with Gasteiger partial charge in [0.25, 0.3) is 0 Å². The minimum atomic E-state index is 0.502. The second kappa shape index (κ2) is 8.09. The molecule has 0 spiro atoms. The second-order valence-corrected chi connectivity index (χ2v) is 7.36. The molecule has 0 aliphatic heterocycles. The van der Waals surface area contributed by atoms with Crippen LogP contribution in [-0.4, -0.2) is 12.1 Å². The summed E-state index contributed by atoms with van der Waals surface area (Å²) in [6, 6.07) is 13.5. The molecule has 6 heteroatoms. The molecule has 0 saturated carbocycles. The molecule has 2 aromatic carbocycles. The molecule has 0 radical (unpaired) electrons. The van der Waals surface area contributed by atoms with Gasteiger partial charge in [-0.15, -0.1) is 11.3 Å². The Morgan fingerprint density at radius 2 is 1.88 bits per heavy atom. The highest BCUT2D eigenvalue weighted by Crippen LogP contribution is 2.37. The molecule has 0 unspecified atom stereocenters. The molecule has 3 nitrogen and oxygen atoms in total. The normalized spacial score (nSPS) is 10.7. The zero-order valence-corrected chi connectivity index (χ0v) is 16.3. The summed E-state index contributed by atoms with van der Waals surface area (Å²) in [6.07, 6.45) is 2.03. The number of methoxy groups -OCH3 is 1. The third-order valence-corrected chi connectivity index (χ3v) is 5.58. The average molecular weight is 393 g/mol. The van der Waals surface area contributed by atoms with Crippen LogP contribution in [0.25, 0.3) is 11.3 Å². The van der Waals surface area contributed by atoms with Crippen LogP contribution in [0.4, 0.5) is 10.8 Å². The number of thiazole rings is 1. The number of nitrogens with one attached hydrogen (secondary N) is 1. The first kappa shape index (κ1) is 18.1. The molecule has 0 amide bonds. The van der Waals surface area contributed by atoms with Gasteiger partial charge in [0.1, 0.15) is 5.75 Å². The standard InChI is InChI=1S/C19H18Cl2N2OS/c1-3-5-16-18(12-8-10-13(24-2)11-9-12)23-19(25-16)22-15-7-4-6-14(20)17(15)21/h4,6-11H,3,5H2,1-2H3,(H,22,23). The highest BCUT2D eigenvalue weighted by molar-refractivity contribution is 7.16. The van der Waals surface area contributed by atoms with Gasteiger partial charge in [0.2, 0.25) is 0 Å². The molecule has 3 aromatic rings. The minimum Gasteiger partial charge on any atom is -0.497 e. The van der Waals surface area contributed by atoms with Gasteiger partial charge in [-0.1, -0.05) is 42.6 Å². The Balaban J connectivity index is 1.94. The van der Waals surface area contributed by atoms with Crippen LogP contribution in [0.3, 0.4) is 0 Å². The Bertz CT molecular complexity index is 862. The first-order valence-electron chi connectivity index (χ1n) is 7.97. The lowest BCUT2D eigenvalue weighted by Crippen LogP contribution is -1.91. The maximum atomic E-state index is 6.27. The number of halogens is 2. The molecule has 0 saturated heterocycles. The van der Waals surface area contributed by atoms with E-state index >= 15 is 0 Å². The van der Waals surface area contributed by atoms with Crippen molar-refractivity contribution in [1.29, 1.82) is 0 Å². The zero-order valence-electron chi connectivity index (χ0n) is 14.0. The van der Waals surface area contributed by atoms with Crippen molar-refractivity contribution in [2.45, 2.75) is 19.8 Å². The van der Waals surface area contributed by atoms with Gasteiger partial charge < -0.3 is 10.1 Å². The topological polar surface area (TPSA) is 34.2 Å². The van der Waals surface area contributed by atoms with Gasteiger partial charge in [0, 0.05) is 10.4 Å². The molecule has 3 rings (SSSR count). The van der Waals surface area contributed by atoms with Gasteiger partial charge >= 0.3 is 0 Å². The van der Waals surface area contributed by atoms with E-state index in [2.05, 4.69) is 12.2 Å². The molecular weight excluding hydrogens is 375 g/mol. The molecule has 0 fully saturated rings. The van der Waals surface area contributed by atoms with E-state index < -0.39 is 0 Å². The molecule has 1 heterocycles. The predicted molar refractivity (Wildman–Crippen MR) is 108 cm³/mol. The summed E-state index contributed by atoms with van der Waals surface area (Å²) in [7, 11) is 1.66. The smallest absolute Gasteiger partial charge is 0.188 e. The molecule has 0 aliphatic rings. The number of aryl methyl sites for hydroxylation is 1. The van der Waals surface area contributed by atoms with E-state index in [1.54, 1.807) is 24.5 Å². The monoisotopic (exact) mass is 392 g/mol.